The van der Waals surface area contributed by atoms with Gasteiger partial charge in [0.05, 0.1) is 0 Å². The molecule has 6 heteroatoms. The molecule has 0 bridgehead atoms. The van der Waals surface area contributed by atoms with E-state index in [-0.39, 0.29) is 0 Å². The van der Waals surface area contributed by atoms with E-state index >= 15 is 0 Å². The number of nitrogens with zero attached hydrogens (tertiary/aromatic N) is 4. The monoisotopic (exact) mass is 308 g/mol. The van der Waals surface area contributed by atoms with Gasteiger partial charge in [-0.05, 0) is 45.5 Å². The summed E-state index contributed by atoms with van der Waals surface area (Å²) in [5.41, 5.74) is 0. The largest absolute Gasteiger partial charge is 0.357 e. The third kappa shape index (κ3) is 8.02. The molecule has 126 valence electrons. The van der Waals surface area contributed by atoms with Gasteiger partial charge in [0, 0.05) is 38.6 Å². The van der Waals surface area contributed by atoms with Crippen molar-refractivity contribution in [1.82, 2.24) is 25.3 Å². The Bertz CT molecular complexity index is 383. The van der Waals surface area contributed by atoms with Crippen LogP contribution in [0, 0.1) is 0 Å². The molecule has 0 spiro atoms. The molecule has 0 saturated carbocycles. The minimum Gasteiger partial charge on any atom is -0.357 e. The molecule has 0 unspecified atom stereocenters. The summed E-state index contributed by atoms with van der Waals surface area (Å²) < 4.78 is 1.94. The molecule has 1 aromatic rings. The fourth-order valence-electron chi connectivity index (χ4n) is 2.25. The number of aryl methyl sites for hydroxylation is 1. The number of rotatable bonds is 11. The molecular formula is C16H32N6. The van der Waals surface area contributed by atoms with E-state index in [4.69, 9.17) is 0 Å². The Morgan fingerprint density at radius 3 is 2.64 bits per heavy atom. The van der Waals surface area contributed by atoms with Crippen molar-refractivity contribution in [3.8, 4) is 0 Å². The number of aliphatic imine (C=N–C) groups is 1. The fraction of sp³-hybridized carbons (Fsp3) is 0.750. The highest BCUT2D eigenvalue weighted by Gasteiger charge is 2.00. The molecule has 0 aliphatic heterocycles. The Balaban J connectivity index is 2.20. The number of nitrogens with one attached hydrogen (secondary N) is 2. The van der Waals surface area contributed by atoms with Crippen LogP contribution in [-0.4, -0.2) is 59.9 Å². The van der Waals surface area contributed by atoms with Crippen molar-refractivity contribution >= 4 is 5.96 Å². The van der Waals surface area contributed by atoms with Crippen LogP contribution >= 0.6 is 0 Å². The molecule has 0 radical (unpaired) electrons. The lowest BCUT2D eigenvalue weighted by molar-refractivity contribution is 0.300. The molecule has 2 N–H and O–H groups in total. The summed E-state index contributed by atoms with van der Waals surface area (Å²) in [6.07, 6.45) is 5.93. The van der Waals surface area contributed by atoms with E-state index < -0.39 is 0 Å². The average Bonchev–Trinajstić information content (AvgIpc) is 3.05. The number of guanidine groups is 1. The summed E-state index contributed by atoms with van der Waals surface area (Å²) in [4.78, 5) is 7.05. The second kappa shape index (κ2) is 12.0. The summed E-state index contributed by atoms with van der Waals surface area (Å²) in [5, 5.41) is 10.9. The van der Waals surface area contributed by atoms with Gasteiger partial charge in [0.1, 0.15) is 0 Å². The quantitative estimate of drug-likeness (QED) is 0.370. The Morgan fingerprint density at radius 1 is 1.18 bits per heavy atom. The van der Waals surface area contributed by atoms with Crippen molar-refractivity contribution in [3.63, 3.8) is 0 Å². The third-order valence-corrected chi connectivity index (χ3v) is 3.56. The Hall–Kier alpha value is -1.56. The first-order valence-electron chi connectivity index (χ1n) is 8.52. The molecular weight excluding hydrogens is 276 g/mol. The third-order valence-electron chi connectivity index (χ3n) is 3.56. The maximum absolute atomic E-state index is 4.61. The van der Waals surface area contributed by atoms with Gasteiger partial charge in [0.2, 0.25) is 0 Å². The predicted octanol–water partition coefficient (Wildman–Crippen LogP) is 1.56. The highest BCUT2D eigenvalue weighted by atomic mass is 15.3. The second-order valence-electron chi connectivity index (χ2n) is 5.19. The van der Waals surface area contributed by atoms with Crippen molar-refractivity contribution in [3.05, 3.63) is 18.5 Å². The fourth-order valence-corrected chi connectivity index (χ4v) is 2.25. The van der Waals surface area contributed by atoms with Crippen molar-refractivity contribution in [2.45, 2.75) is 40.2 Å². The topological polar surface area (TPSA) is 57.5 Å². The Kier molecular flexibility index (Phi) is 10.1. The zero-order valence-corrected chi connectivity index (χ0v) is 14.4. The molecule has 1 aromatic heterocycles. The minimum atomic E-state index is 0.811. The van der Waals surface area contributed by atoms with Crippen LogP contribution in [0.1, 0.15) is 33.6 Å². The highest BCUT2D eigenvalue weighted by molar-refractivity contribution is 5.79. The van der Waals surface area contributed by atoms with Crippen LogP contribution < -0.4 is 10.6 Å². The van der Waals surface area contributed by atoms with E-state index in [9.17, 15) is 0 Å². The van der Waals surface area contributed by atoms with Gasteiger partial charge in [-0.15, -0.1) is 0 Å². The van der Waals surface area contributed by atoms with Crippen LogP contribution in [0.5, 0.6) is 0 Å². The van der Waals surface area contributed by atoms with E-state index in [2.05, 4.69) is 46.4 Å². The SMILES string of the molecule is CCNC(=NCCCn1cccn1)NCCCN(CC)CC. The normalized spacial score (nSPS) is 11.9. The van der Waals surface area contributed by atoms with Crippen LogP contribution in [0.4, 0.5) is 0 Å². The molecule has 22 heavy (non-hydrogen) atoms. The standard InChI is InChI=1S/C16H32N6/c1-4-17-16(18-10-7-13-21(5-2)6-3)19-11-8-14-22-15-9-12-20-22/h9,12,15H,4-8,10-11,13-14H2,1-3H3,(H2,17,18,19). The van der Waals surface area contributed by atoms with Crippen molar-refractivity contribution in [1.29, 1.82) is 0 Å². The summed E-state index contributed by atoms with van der Waals surface area (Å²) in [6, 6.07) is 1.95. The number of hydrogen-bond donors (Lipinski definition) is 2. The van der Waals surface area contributed by atoms with E-state index in [0.29, 0.717) is 0 Å². The highest BCUT2D eigenvalue weighted by Crippen LogP contribution is 1.91. The molecule has 0 aliphatic carbocycles. The van der Waals surface area contributed by atoms with Gasteiger partial charge in [0.25, 0.3) is 0 Å². The first-order valence-corrected chi connectivity index (χ1v) is 8.52. The molecule has 0 amide bonds. The maximum Gasteiger partial charge on any atom is 0.191 e. The van der Waals surface area contributed by atoms with Crippen LogP contribution in [-0.2, 0) is 6.54 Å². The average molecular weight is 308 g/mol. The zero-order valence-electron chi connectivity index (χ0n) is 14.4. The molecule has 0 atom stereocenters. The molecule has 1 rings (SSSR count). The molecule has 0 aromatic carbocycles. The molecule has 1 heterocycles. The van der Waals surface area contributed by atoms with E-state index in [1.54, 1.807) is 0 Å². The zero-order chi connectivity index (χ0) is 16.0. The number of aromatic nitrogens is 2. The van der Waals surface area contributed by atoms with Crippen molar-refractivity contribution in [2.75, 3.05) is 39.3 Å². The van der Waals surface area contributed by atoms with Crippen molar-refractivity contribution < 1.29 is 0 Å². The summed E-state index contributed by atoms with van der Waals surface area (Å²) in [6.45, 7) is 13.5. The van der Waals surface area contributed by atoms with E-state index in [1.165, 1.54) is 0 Å². The van der Waals surface area contributed by atoms with Gasteiger partial charge in [-0.2, -0.15) is 5.10 Å². The van der Waals surface area contributed by atoms with Gasteiger partial charge in [-0.25, -0.2) is 0 Å². The molecule has 0 saturated heterocycles. The van der Waals surface area contributed by atoms with Gasteiger partial charge in [-0.1, -0.05) is 13.8 Å². The van der Waals surface area contributed by atoms with Gasteiger partial charge in [-0.3, -0.25) is 9.67 Å². The first-order chi connectivity index (χ1) is 10.8. The summed E-state index contributed by atoms with van der Waals surface area (Å²) in [7, 11) is 0. The van der Waals surface area contributed by atoms with Gasteiger partial charge in [0.15, 0.2) is 5.96 Å². The smallest absolute Gasteiger partial charge is 0.191 e. The van der Waals surface area contributed by atoms with Crippen LogP contribution in [0.25, 0.3) is 0 Å². The minimum absolute atomic E-state index is 0.811. The lowest BCUT2D eigenvalue weighted by Gasteiger charge is -2.18. The van der Waals surface area contributed by atoms with Gasteiger partial charge < -0.3 is 15.5 Å². The van der Waals surface area contributed by atoms with E-state index in [0.717, 1.165) is 64.6 Å². The summed E-state index contributed by atoms with van der Waals surface area (Å²) in [5.74, 6) is 0.919. The van der Waals surface area contributed by atoms with E-state index in [1.807, 2.05) is 23.1 Å². The van der Waals surface area contributed by atoms with Crippen LogP contribution in [0.3, 0.4) is 0 Å². The Labute approximate surface area is 135 Å². The van der Waals surface area contributed by atoms with Gasteiger partial charge >= 0.3 is 0 Å². The predicted molar refractivity (Wildman–Crippen MR) is 93.2 cm³/mol. The van der Waals surface area contributed by atoms with Crippen LogP contribution in [0.2, 0.25) is 0 Å². The van der Waals surface area contributed by atoms with Crippen LogP contribution in [0.15, 0.2) is 23.5 Å². The second-order valence-corrected chi connectivity index (χ2v) is 5.19. The molecule has 0 aliphatic rings. The Morgan fingerprint density at radius 2 is 2.00 bits per heavy atom. The van der Waals surface area contributed by atoms with Crippen molar-refractivity contribution in [2.24, 2.45) is 4.99 Å². The lowest BCUT2D eigenvalue weighted by Crippen LogP contribution is -2.39. The molecule has 6 nitrogen and oxygen atoms in total. The maximum atomic E-state index is 4.61. The summed E-state index contributed by atoms with van der Waals surface area (Å²) >= 11 is 0. The first kappa shape index (κ1) is 18.5. The molecule has 0 fully saturated rings. The lowest BCUT2D eigenvalue weighted by atomic mass is 10.3. The number of hydrogen-bond acceptors (Lipinski definition) is 3.